The zero-order valence-electron chi connectivity index (χ0n) is 15.3. The van der Waals surface area contributed by atoms with Crippen LogP contribution in [-0.4, -0.2) is 65.6 Å². The first kappa shape index (κ1) is 20.9. The van der Waals surface area contributed by atoms with Crippen molar-refractivity contribution in [3.63, 3.8) is 0 Å². The summed E-state index contributed by atoms with van der Waals surface area (Å²) in [5.41, 5.74) is 0.976. The fraction of sp³-hybridized carbons (Fsp3) is 0.389. The summed E-state index contributed by atoms with van der Waals surface area (Å²) in [5, 5.41) is 2.79. The van der Waals surface area contributed by atoms with Crippen LogP contribution in [0.1, 0.15) is 6.92 Å². The summed E-state index contributed by atoms with van der Waals surface area (Å²) in [6.45, 7) is 6.17. The van der Waals surface area contributed by atoms with Gasteiger partial charge in [-0.25, -0.2) is 19.2 Å². The average molecular weight is 396 g/mol. The van der Waals surface area contributed by atoms with E-state index in [1.54, 1.807) is 11.0 Å². The third kappa shape index (κ3) is 5.05. The Hall–Kier alpha value is -2.45. The topological polar surface area (TPSA) is 70.6 Å². The molecule has 0 radical (unpaired) electrons. The van der Waals surface area contributed by atoms with Crippen LogP contribution in [-0.2, 0) is 0 Å². The molecule has 1 aliphatic rings. The van der Waals surface area contributed by atoms with E-state index in [1.165, 1.54) is 31.6 Å². The average Bonchev–Trinajstić information content (AvgIpc) is 2.68. The number of halogens is 2. The number of carbonyl (C=O) groups is 1. The third-order valence-electron chi connectivity index (χ3n) is 4.45. The molecule has 0 atom stereocenters. The highest BCUT2D eigenvalue weighted by Crippen LogP contribution is 2.29. The van der Waals surface area contributed by atoms with Crippen molar-refractivity contribution in [1.82, 2.24) is 19.8 Å². The van der Waals surface area contributed by atoms with Crippen LogP contribution in [0.25, 0.3) is 11.3 Å². The zero-order chi connectivity index (χ0) is 18.5. The predicted molar refractivity (Wildman–Crippen MR) is 104 cm³/mol. The van der Waals surface area contributed by atoms with Gasteiger partial charge in [0.05, 0.1) is 12.8 Å². The SMILES string of the molecule is CCN1CCN(C(=O)Nc2cc(-c3cc(F)ccc3OC)ncn2)CC1.Cl. The Balaban J connectivity index is 0.00000261. The third-order valence-corrected chi connectivity index (χ3v) is 4.45. The molecule has 7 nitrogen and oxygen atoms in total. The molecule has 146 valence electrons. The minimum Gasteiger partial charge on any atom is -0.496 e. The molecule has 1 aromatic heterocycles. The summed E-state index contributed by atoms with van der Waals surface area (Å²) in [7, 11) is 1.51. The second-order valence-electron chi connectivity index (χ2n) is 5.98. The van der Waals surface area contributed by atoms with Crippen molar-refractivity contribution in [2.75, 3.05) is 45.2 Å². The number of rotatable bonds is 4. The van der Waals surface area contributed by atoms with E-state index in [0.29, 0.717) is 35.9 Å². The zero-order valence-corrected chi connectivity index (χ0v) is 16.1. The molecule has 1 aromatic carbocycles. The van der Waals surface area contributed by atoms with Crippen molar-refractivity contribution in [3.05, 3.63) is 36.4 Å². The summed E-state index contributed by atoms with van der Waals surface area (Å²) in [5.74, 6) is 0.473. The number of hydrogen-bond donors (Lipinski definition) is 1. The minimum atomic E-state index is -0.390. The molecule has 1 saturated heterocycles. The fourth-order valence-corrected chi connectivity index (χ4v) is 2.91. The molecule has 0 unspecified atom stereocenters. The van der Waals surface area contributed by atoms with Gasteiger partial charge < -0.3 is 14.5 Å². The Bertz CT molecular complexity index is 784. The number of anilines is 1. The molecule has 1 fully saturated rings. The predicted octanol–water partition coefficient (Wildman–Crippen LogP) is 2.88. The molecule has 0 aliphatic carbocycles. The lowest BCUT2D eigenvalue weighted by molar-refractivity contribution is 0.151. The lowest BCUT2D eigenvalue weighted by Crippen LogP contribution is -2.49. The van der Waals surface area contributed by atoms with Crippen molar-refractivity contribution in [2.24, 2.45) is 0 Å². The molecule has 1 N–H and O–H groups in total. The first-order valence-corrected chi connectivity index (χ1v) is 8.55. The maximum Gasteiger partial charge on any atom is 0.323 e. The Morgan fingerprint density at radius 2 is 1.96 bits per heavy atom. The molecule has 2 aromatic rings. The van der Waals surface area contributed by atoms with Crippen LogP contribution < -0.4 is 10.1 Å². The number of ether oxygens (including phenoxy) is 1. The number of nitrogens with one attached hydrogen (secondary N) is 1. The first-order chi connectivity index (χ1) is 12.6. The minimum absolute atomic E-state index is 0. The van der Waals surface area contributed by atoms with Crippen LogP contribution in [0.5, 0.6) is 5.75 Å². The summed E-state index contributed by atoms with van der Waals surface area (Å²) in [6.07, 6.45) is 1.34. The molecule has 1 aliphatic heterocycles. The van der Waals surface area contributed by atoms with Crippen LogP contribution >= 0.6 is 12.4 Å². The number of aromatic nitrogens is 2. The molecule has 27 heavy (non-hydrogen) atoms. The Kier molecular flexibility index (Phi) is 7.32. The second-order valence-corrected chi connectivity index (χ2v) is 5.98. The van der Waals surface area contributed by atoms with Gasteiger partial charge in [0.2, 0.25) is 0 Å². The van der Waals surface area contributed by atoms with E-state index in [9.17, 15) is 9.18 Å². The Morgan fingerprint density at radius 1 is 1.22 bits per heavy atom. The lowest BCUT2D eigenvalue weighted by Gasteiger charge is -2.33. The number of likely N-dealkylation sites (N-methyl/N-ethyl adjacent to an activating group) is 1. The molecule has 0 spiro atoms. The van der Waals surface area contributed by atoms with E-state index in [1.807, 2.05) is 0 Å². The fourth-order valence-electron chi connectivity index (χ4n) is 2.91. The number of piperazine rings is 1. The first-order valence-electron chi connectivity index (χ1n) is 8.55. The van der Waals surface area contributed by atoms with E-state index >= 15 is 0 Å². The number of nitrogens with zero attached hydrogens (tertiary/aromatic N) is 4. The van der Waals surface area contributed by atoms with Crippen molar-refractivity contribution >= 4 is 24.3 Å². The summed E-state index contributed by atoms with van der Waals surface area (Å²) in [4.78, 5) is 24.8. The lowest BCUT2D eigenvalue weighted by atomic mass is 10.1. The Labute approximate surface area is 164 Å². The van der Waals surface area contributed by atoms with Gasteiger partial charge in [0.25, 0.3) is 0 Å². The summed E-state index contributed by atoms with van der Waals surface area (Å²) >= 11 is 0. The van der Waals surface area contributed by atoms with Gasteiger partial charge in [-0.15, -0.1) is 12.4 Å². The van der Waals surface area contributed by atoms with Crippen molar-refractivity contribution < 1.29 is 13.9 Å². The maximum absolute atomic E-state index is 13.6. The molecule has 2 amide bonds. The summed E-state index contributed by atoms with van der Waals surface area (Å²) in [6, 6.07) is 5.62. The van der Waals surface area contributed by atoms with Gasteiger partial charge in [0.1, 0.15) is 23.7 Å². The van der Waals surface area contributed by atoms with Crippen molar-refractivity contribution in [2.45, 2.75) is 6.92 Å². The second kappa shape index (κ2) is 9.48. The van der Waals surface area contributed by atoms with E-state index in [4.69, 9.17) is 4.74 Å². The van der Waals surface area contributed by atoms with E-state index in [2.05, 4.69) is 27.1 Å². The van der Waals surface area contributed by atoms with E-state index in [0.717, 1.165) is 19.6 Å². The number of benzene rings is 1. The number of amides is 2. The number of carbonyl (C=O) groups excluding carboxylic acids is 1. The quantitative estimate of drug-likeness (QED) is 0.861. The van der Waals surface area contributed by atoms with Gasteiger partial charge in [-0.1, -0.05) is 6.92 Å². The molecule has 0 saturated carbocycles. The van der Waals surface area contributed by atoms with Crippen LogP contribution in [0.4, 0.5) is 15.0 Å². The van der Waals surface area contributed by atoms with Crippen molar-refractivity contribution in [1.29, 1.82) is 0 Å². The normalized spacial score (nSPS) is 14.4. The van der Waals surface area contributed by atoms with Gasteiger partial charge in [-0.3, -0.25) is 5.32 Å². The van der Waals surface area contributed by atoms with Gasteiger partial charge >= 0.3 is 6.03 Å². The van der Waals surface area contributed by atoms with Gasteiger partial charge in [0.15, 0.2) is 0 Å². The number of hydrogen-bond acceptors (Lipinski definition) is 5. The van der Waals surface area contributed by atoms with Crippen molar-refractivity contribution in [3.8, 4) is 17.0 Å². The van der Waals surface area contributed by atoms with Crippen LogP contribution in [0.15, 0.2) is 30.6 Å². The van der Waals surface area contributed by atoms with E-state index < -0.39 is 5.82 Å². The Morgan fingerprint density at radius 3 is 2.63 bits per heavy atom. The molecule has 3 rings (SSSR count). The molecular formula is C18H23ClFN5O2. The number of methoxy groups -OCH3 is 1. The van der Waals surface area contributed by atoms with E-state index in [-0.39, 0.29) is 18.4 Å². The summed E-state index contributed by atoms with van der Waals surface area (Å²) < 4.78 is 18.9. The smallest absolute Gasteiger partial charge is 0.323 e. The molecule has 2 heterocycles. The molecule has 9 heteroatoms. The number of urea groups is 1. The van der Waals surface area contributed by atoms with Crippen LogP contribution in [0.2, 0.25) is 0 Å². The highest BCUT2D eigenvalue weighted by atomic mass is 35.5. The van der Waals surface area contributed by atoms with Gasteiger partial charge in [0, 0.05) is 37.8 Å². The monoisotopic (exact) mass is 395 g/mol. The van der Waals surface area contributed by atoms with Crippen LogP contribution in [0, 0.1) is 5.82 Å². The van der Waals surface area contributed by atoms with Gasteiger partial charge in [-0.2, -0.15) is 0 Å². The molecular weight excluding hydrogens is 373 g/mol. The van der Waals surface area contributed by atoms with Gasteiger partial charge in [-0.05, 0) is 24.7 Å². The van der Waals surface area contributed by atoms with Crippen LogP contribution in [0.3, 0.4) is 0 Å². The largest absolute Gasteiger partial charge is 0.496 e. The molecule has 0 bridgehead atoms. The highest BCUT2D eigenvalue weighted by molar-refractivity contribution is 5.89. The highest BCUT2D eigenvalue weighted by Gasteiger charge is 2.20. The standard InChI is InChI=1S/C18H22FN5O2.ClH/c1-3-23-6-8-24(9-7-23)18(25)22-17-11-15(20-12-21-17)14-10-13(19)4-5-16(14)26-2;/h4-5,10-12H,3,6-9H2,1-2H3,(H,20,21,22,25);1H. The maximum atomic E-state index is 13.6.